The number of hydrogen-bond acceptors (Lipinski definition) is 3. The molecule has 20 heavy (non-hydrogen) atoms. The van der Waals surface area contributed by atoms with Crippen LogP contribution in [0.2, 0.25) is 0 Å². The van der Waals surface area contributed by atoms with Crippen LogP contribution in [0.1, 0.15) is 37.8 Å². The second-order valence-electron chi connectivity index (χ2n) is 6.20. The van der Waals surface area contributed by atoms with Crippen molar-refractivity contribution in [3.63, 3.8) is 0 Å². The van der Waals surface area contributed by atoms with Crippen LogP contribution < -0.4 is 11.1 Å². The number of rotatable bonds is 5. The molecule has 4 N–H and O–H groups in total. The molecule has 1 aromatic rings. The summed E-state index contributed by atoms with van der Waals surface area (Å²) in [7, 11) is 0. The maximum absolute atomic E-state index is 9.52. The van der Waals surface area contributed by atoms with E-state index in [-0.39, 0.29) is 17.7 Å². The van der Waals surface area contributed by atoms with Gasteiger partial charge < -0.3 is 16.2 Å². The minimum atomic E-state index is -0.279. The Labute approximate surface area is 130 Å². The van der Waals surface area contributed by atoms with Gasteiger partial charge in [0.2, 0.25) is 0 Å². The summed E-state index contributed by atoms with van der Waals surface area (Å²) >= 11 is 3.54. The number of benzene rings is 1. The van der Waals surface area contributed by atoms with E-state index in [1.807, 2.05) is 6.92 Å². The summed E-state index contributed by atoms with van der Waals surface area (Å²) in [5.74, 6) is 0. The smallest absolute Gasteiger partial charge is 0.0526 e. The first-order valence-corrected chi connectivity index (χ1v) is 8.16. The zero-order chi connectivity index (χ0) is 14.8. The Bertz CT molecular complexity index is 464. The number of halogens is 1. The fraction of sp³-hybridized carbons (Fsp3) is 0.625. The summed E-state index contributed by atoms with van der Waals surface area (Å²) in [5.41, 5.74) is 8.85. The maximum Gasteiger partial charge on any atom is 0.0526 e. The van der Waals surface area contributed by atoms with Gasteiger partial charge in [0, 0.05) is 22.6 Å². The lowest BCUT2D eigenvalue weighted by molar-refractivity contribution is 0.155. The van der Waals surface area contributed by atoms with Crippen molar-refractivity contribution in [2.24, 2.45) is 5.73 Å². The van der Waals surface area contributed by atoms with Crippen LogP contribution in [-0.4, -0.2) is 29.3 Å². The van der Waals surface area contributed by atoms with Crippen molar-refractivity contribution in [1.29, 1.82) is 0 Å². The number of nitrogens with two attached hydrogens (primary N) is 1. The Morgan fingerprint density at radius 1 is 1.40 bits per heavy atom. The molecule has 4 heteroatoms. The molecule has 0 fully saturated rings. The molecule has 0 aliphatic heterocycles. The van der Waals surface area contributed by atoms with Gasteiger partial charge in [-0.3, -0.25) is 0 Å². The molecular formula is C16H25BrN2O. The van der Waals surface area contributed by atoms with Gasteiger partial charge in [0.05, 0.1) is 6.10 Å². The number of nitrogens with one attached hydrogen (secondary N) is 1. The van der Waals surface area contributed by atoms with Gasteiger partial charge >= 0.3 is 0 Å². The molecule has 3 nitrogen and oxygen atoms in total. The average molecular weight is 341 g/mol. The minimum Gasteiger partial charge on any atom is -0.393 e. The van der Waals surface area contributed by atoms with Crippen molar-refractivity contribution in [3.8, 4) is 0 Å². The van der Waals surface area contributed by atoms with Crippen LogP contribution >= 0.6 is 15.9 Å². The van der Waals surface area contributed by atoms with E-state index >= 15 is 0 Å². The standard InChI is InChI=1S/C16H25BrN2O/c1-11(7-12(2)20)19-16(10-18)6-5-13-8-15(17)4-3-14(13)9-16/h3-4,8,11-12,19-20H,5-7,9-10,18H2,1-2H3. The largest absolute Gasteiger partial charge is 0.393 e. The quantitative estimate of drug-likeness (QED) is 0.771. The summed E-state index contributed by atoms with van der Waals surface area (Å²) in [5, 5.41) is 13.2. The molecule has 3 unspecified atom stereocenters. The van der Waals surface area contributed by atoms with Gasteiger partial charge in [0.25, 0.3) is 0 Å². The second kappa shape index (κ2) is 6.56. The summed E-state index contributed by atoms with van der Waals surface area (Å²) < 4.78 is 1.15. The first-order chi connectivity index (χ1) is 9.44. The van der Waals surface area contributed by atoms with Crippen molar-refractivity contribution in [3.05, 3.63) is 33.8 Å². The predicted molar refractivity (Wildman–Crippen MR) is 86.8 cm³/mol. The summed E-state index contributed by atoms with van der Waals surface area (Å²) in [6, 6.07) is 6.79. The van der Waals surface area contributed by atoms with E-state index < -0.39 is 0 Å². The normalized spacial score (nSPS) is 25.1. The highest BCUT2D eigenvalue weighted by molar-refractivity contribution is 9.10. The molecule has 0 aromatic heterocycles. The van der Waals surface area contributed by atoms with Crippen LogP contribution in [0.25, 0.3) is 0 Å². The molecule has 0 bridgehead atoms. The van der Waals surface area contributed by atoms with Crippen LogP contribution in [-0.2, 0) is 12.8 Å². The van der Waals surface area contributed by atoms with E-state index in [9.17, 15) is 5.11 Å². The van der Waals surface area contributed by atoms with Crippen LogP contribution in [0.5, 0.6) is 0 Å². The van der Waals surface area contributed by atoms with Crippen molar-refractivity contribution in [1.82, 2.24) is 5.32 Å². The lowest BCUT2D eigenvalue weighted by atomic mass is 9.77. The fourth-order valence-electron chi connectivity index (χ4n) is 3.28. The van der Waals surface area contributed by atoms with Gasteiger partial charge in [-0.1, -0.05) is 22.0 Å². The molecule has 2 rings (SSSR count). The van der Waals surface area contributed by atoms with E-state index in [1.54, 1.807) is 0 Å². The van der Waals surface area contributed by atoms with Crippen LogP contribution in [0.4, 0.5) is 0 Å². The Kier molecular flexibility index (Phi) is 5.24. The number of aliphatic hydroxyl groups excluding tert-OH is 1. The molecule has 1 aliphatic carbocycles. The second-order valence-corrected chi connectivity index (χ2v) is 7.12. The van der Waals surface area contributed by atoms with E-state index in [0.29, 0.717) is 6.54 Å². The molecule has 0 saturated carbocycles. The Morgan fingerprint density at radius 3 is 2.80 bits per heavy atom. The first-order valence-electron chi connectivity index (χ1n) is 7.37. The third-order valence-corrected chi connectivity index (χ3v) is 4.70. The van der Waals surface area contributed by atoms with E-state index in [0.717, 1.165) is 30.2 Å². The summed E-state index contributed by atoms with van der Waals surface area (Å²) in [6.07, 6.45) is 3.56. The highest BCUT2D eigenvalue weighted by atomic mass is 79.9. The fourth-order valence-corrected chi connectivity index (χ4v) is 3.68. The molecule has 0 heterocycles. The lowest BCUT2D eigenvalue weighted by Crippen LogP contribution is -2.58. The van der Waals surface area contributed by atoms with Gasteiger partial charge in [-0.25, -0.2) is 0 Å². The first kappa shape index (κ1) is 16.0. The lowest BCUT2D eigenvalue weighted by Gasteiger charge is -2.41. The SMILES string of the molecule is CC(O)CC(C)NC1(CN)CCc2cc(Br)ccc2C1. The van der Waals surface area contributed by atoms with Crippen molar-refractivity contribution < 1.29 is 5.11 Å². The van der Waals surface area contributed by atoms with E-state index in [4.69, 9.17) is 5.73 Å². The Balaban J connectivity index is 2.11. The van der Waals surface area contributed by atoms with Crippen LogP contribution in [0.15, 0.2) is 22.7 Å². The summed E-state index contributed by atoms with van der Waals surface area (Å²) in [6.45, 7) is 4.59. The highest BCUT2D eigenvalue weighted by Gasteiger charge is 2.34. The third-order valence-electron chi connectivity index (χ3n) is 4.21. The summed E-state index contributed by atoms with van der Waals surface area (Å²) in [4.78, 5) is 0. The van der Waals surface area contributed by atoms with Crippen LogP contribution in [0, 0.1) is 0 Å². The Morgan fingerprint density at radius 2 is 2.15 bits per heavy atom. The molecule has 3 atom stereocenters. The van der Waals surface area contributed by atoms with Gasteiger partial charge in [-0.15, -0.1) is 0 Å². The molecule has 112 valence electrons. The van der Waals surface area contributed by atoms with Gasteiger partial charge in [0.15, 0.2) is 0 Å². The van der Waals surface area contributed by atoms with Crippen molar-refractivity contribution in [2.75, 3.05) is 6.54 Å². The van der Waals surface area contributed by atoms with Crippen molar-refractivity contribution >= 4 is 15.9 Å². The molecule has 1 aliphatic rings. The van der Waals surface area contributed by atoms with Gasteiger partial charge in [0.1, 0.15) is 0 Å². The molecule has 0 saturated heterocycles. The highest BCUT2D eigenvalue weighted by Crippen LogP contribution is 2.30. The minimum absolute atomic E-state index is 0.0326. The van der Waals surface area contributed by atoms with E-state index in [2.05, 4.69) is 46.4 Å². The molecule has 0 radical (unpaired) electrons. The zero-order valence-corrected chi connectivity index (χ0v) is 13.9. The number of hydrogen-bond donors (Lipinski definition) is 3. The van der Waals surface area contributed by atoms with Crippen molar-refractivity contribution in [2.45, 2.75) is 57.2 Å². The topological polar surface area (TPSA) is 58.3 Å². The Hall–Kier alpha value is -0.420. The molecule has 0 amide bonds. The van der Waals surface area contributed by atoms with E-state index in [1.165, 1.54) is 11.1 Å². The maximum atomic E-state index is 9.52. The number of aryl methyl sites for hydroxylation is 1. The predicted octanol–water partition coefficient (Wildman–Crippen LogP) is 2.38. The average Bonchev–Trinajstić information content (AvgIpc) is 2.38. The van der Waals surface area contributed by atoms with Gasteiger partial charge in [-0.2, -0.15) is 0 Å². The number of aliphatic hydroxyl groups is 1. The molecular weight excluding hydrogens is 316 g/mol. The van der Waals surface area contributed by atoms with Crippen LogP contribution in [0.3, 0.4) is 0 Å². The monoisotopic (exact) mass is 340 g/mol. The molecule has 0 spiro atoms. The van der Waals surface area contributed by atoms with Gasteiger partial charge in [-0.05, 0) is 62.8 Å². The molecule has 1 aromatic carbocycles. The zero-order valence-electron chi connectivity index (χ0n) is 12.3. The third kappa shape index (κ3) is 3.82. The number of fused-ring (bicyclic) bond motifs is 1.